The lowest BCUT2D eigenvalue weighted by Gasteiger charge is -2.38. The normalized spacial score (nSPS) is 25.2. The van der Waals surface area contributed by atoms with Crippen LogP contribution in [0.3, 0.4) is 0 Å². The molecule has 0 radical (unpaired) electrons. The van der Waals surface area contributed by atoms with Crippen LogP contribution in [0.5, 0.6) is 5.75 Å². The highest BCUT2D eigenvalue weighted by atomic mass is 32.2. The fraction of sp³-hybridized carbons (Fsp3) is 0.680. The van der Waals surface area contributed by atoms with Crippen LogP contribution in [0.15, 0.2) is 18.2 Å². The standard InChI is InChI=1S/C25H39N3O6S/c1-17-14-28(24(29)19-9-7-6-8-10-19)18(2)16-34-22-12-11-20(26-35(5,31)32)13-21(22)25(30)27(3)15-23(17)33-4/h11-13,17-19,23,26H,6-10,14-16H2,1-5H3/t17-,18+,23+/m0/s1. The Morgan fingerprint density at radius 2 is 1.83 bits per heavy atom. The molecule has 35 heavy (non-hydrogen) atoms. The van der Waals surface area contributed by atoms with Gasteiger partial charge >= 0.3 is 0 Å². The molecule has 1 aromatic carbocycles. The summed E-state index contributed by atoms with van der Waals surface area (Å²) in [5.41, 5.74) is 0.532. The summed E-state index contributed by atoms with van der Waals surface area (Å²) in [6.45, 7) is 5.05. The van der Waals surface area contributed by atoms with Gasteiger partial charge in [-0.2, -0.15) is 0 Å². The third-order valence-corrected chi connectivity index (χ3v) is 7.59. The molecule has 1 aliphatic heterocycles. The SMILES string of the molecule is CO[C@@H]1CN(C)C(=O)c2cc(NS(C)(=O)=O)ccc2OC[C@@H](C)N(C(=O)C2CCCCC2)C[C@@H]1C. The fourth-order valence-corrected chi connectivity index (χ4v) is 5.50. The molecule has 0 bridgehead atoms. The summed E-state index contributed by atoms with van der Waals surface area (Å²) in [5, 5.41) is 0. The van der Waals surface area contributed by atoms with Crippen LogP contribution in [0.25, 0.3) is 0 Å². The number of sulfonamides is 1. The van der Waals surface area contributed by atoms with Gasteiger partial charge < -0.3 is 19.3 Å². The molecule has 9 nitrogen and oxygen atoms in total. The molecule has 3 rings (SSSR count). The zero-order chi connectivity index (χ0) is 25.8. The number of nitrogens with zero attached hydrogens (tertiary/aromatic N) is 2. The first-order valence-electron chi connectivity index (χ1n) is 12.3. The second-order valence-corrected chi connectivity index (χ2v) is 11.8. The van der Waals surface area contributed by atoms with Crippen molar-refractivity contribution < 1.29 is 27.5 Å². The van der Waals surface area contributed by atoms with E-state index in [2.05, 4.69) is 4.72 Å². The van der Waals surface area contributed by atoms with E-state index >= 15 is 0 Å². The molecule has 0 aromatic heterocycles. The van der Waals surface area contributed by atoms with Crippen molar-refractivity contribution in [3.8, 4) is 5.75 Å². The minimum Gasteiger partial charge on any atom is -0.491 e. The number of nitrogens with one attached hydrogen (secondary N) is 1. The predicted molar refractivity (Wildman–Crippen MR) is 135 cm³/mol. The van der Waals surface area contributed by atoms with Crippen LogP contribution in [0, 0.1) is 11.8 Å². The molecular weight excluding hydrogens is 470 g/mol. The second-order valence-electron chi connectivity index (χ2n) is 10.0. The van der Waals surface area contributed by atoms with E-state index in [0.29, 0.717) is 18.8 Å². The van der Waals surface area contributed by atoms with E-state index in [-0.39, 0.29) is 53.7 Å². The van der Waals surface area contributed by atoms with Gasteiger partial charge in [-0.25, -0.2) is 8.42 Å². The summed E-state index contributed by atoms with van der Waals surface area (Å²) >= 11 is 0. The third-order valence-electron chi connectivity index (χ3n) is 6.99. The first kappa shape index (κ1) is 27.3. The predicted octanol–water partition coefficient (Wildman–Crippen LogP) is 2.97. The number of methoxy groups -OCH3 is 1. The van der Waals surface area contributed by atoms with Gasteiger partial charge in [0.2, 0.25) is 15.9 Å². The molecule has 0 unspecified atom stereocenters. The summed E-state index contributed by atoms with van der Waals surface area (Å²) in [7, 11) is -0.211. The largest absolute Gasteiger partial charge is 0.491 e. The van der Waals surface area contributed by atoms with Gasteiger partial charge in [0.05, 0.1) is 24.0 Å². The van der Waals surface area contributed by atoms with Crippen molar-refractivity contribution in [1.29, 1.82) is 0 Å². The van der Waals surface area contributed by atoms with Crippen molar-refractivity contribution in [3.05, 3.63) is 23.8 Å². The van der Waals surface area contributed by atoms with Crippen LogP contribution >= 0.6 is 0 Å². The minimum absolute atomic E-state index is 0.0117. The second kappa shape index (κ2) is 11.6. The molecule has 1 fully saturated rings. The Labute approximate surface area is 209 Å². The summed E-state index contributed by atoms with van der Waals surface area (Å²) in [6, 6.07) is 4.44. The average molecular weight is 510 g/mol. The number of hydrogen-bond donors (Lipinski definition) is 1. The number of carbonyl (C=O) groups excluding carboxylic acids is 2. The summed E-state index contributed by atoms with van der Waals surface area (Å²) < 4.78 is 37.7. The number of likely N-dealkylation sites (N-methyl/N-ethyl adjacent to an activating group) is 1. The molecular formula is C25H39N3O6S. The number of anilines is 1. The maximum Gasteiger partial charge on any atom is 0.257 e. The lowest BCUT2D eigenvalue weighted by Crippen LogP contribution is -2.50. The summed E-state index contributed by atoms with van der Waals surface area (Å²) in [5.74, 6) is 0.239. The van der Waals surface area contributed by atoms with Crippen LogP contribution in [0.2, 0.25) is 0 Å². The van der Waals surface area contributed by atoms with E-state index in [0.717, 1.165) is 31.9 Å². The number of hydrogen-bond acceptors (Lipinski definition) is 6. The Kier molecular flexibility index (Phi) is 9.04. The molecule has 2 aliphatic rings. The lowest BCUT2D eigenvalue weighted by molar-refractivity contribution is -0.141. The topological polar surface area (TPSA) is 105 Å². The van der Waals surface area contributed by atoms with Crippen molar-refractivity contribution in [2.24, 2.45) is 11.8 Å². The summed E-state index contributed by atoms with van der Waals surface area (Å²) in [6.07, 6.45) is 5.95. The van der Waals surface area contributed by atoms with Crippen molar-refractivity contribution in [2.45, 2.75) is 58.1 Å². The van der Waals surface area contributed by atoms with E-state index in [4.69, 9.17) is 9.47 Å². The molecule has 196 valence electrons. The Bertz CT molecular complexity index is 1010. The van der Waals surface area contributed by atoms with E-state index in [1.54, 1.807) is 31.2 Å². The zero-order valence-corrected chi connectivity index (χ0v) is 22.3. The first-order chi connectivity index (χ1) is 16.5. The fourth-order valence-electron chi connectivity index (χ4n) is 4.95. The maximum absolute atomic E-state index is 13.6. The minimum atomic E-state index is -3.51. The number of amides is 2. The van der Waals surface area contributed by atoms with E-state index in [1.807, 2.05) is 18.7 Å². The van der Waals surface area contributed by atoms with Gasteiger partial charge in [-0.05, 0) is 38.0 Å². The van der Waals surface area contributed by atoms with Gasteiger partial charge in [0.15, 0.2) is 0 Å². The highest BCUT2D eigenvalue weighted by molar-refractivity contribution is 7.92. The smallest absolute Gasteiger partial charge is 0.257 e. The number of fused-ring (bicyclic) bond motifs is 1. The van der Waals surface area contributed by atoms with Crippen molar-refractivity contribution in [3.63, 3.8) is 0 Å². The van der Waals surface area contributed by atoms with Gasteiger partial charge in [0.1, 0.15) is 12.4 Å². The third kappa shape index (κ3) is 7.10. The summed E-state index contributed by atoms with van der Waals surface area (Å²) in [4.78, 5) is 30.4. The molecule has 1 heterocycles. The highest BCUT2D eigenvalue weighted by Gasteiger charge is 2.33. The van der Waals surface area contributed by atoms with Crippen LogP contribution in [-0.4, -0.2) is 82.3 Å². The van der Waals surface area contributed by atoms with E-state index < -0.39 is 10.0 Å². The Morgan fingerprint density at radius 3 is 2.46 bits per heavy atom. The molecule has 0 saturated heterocycles. The van der Waals surface area contributed by atoms with Gasteiger partial charge in [-0.1, -0.05) is 26.2 Å². The molecule has 2 amide bonds. The highest BCUT2D eigenvalue weighted by Crippen LogP contribution is 2.29. The van der Waals surface area contributed by atoms with Crippen LogP contribution in [0.4, 0.5) is 5.69 Å². The number of benzene rings is 1. The monoisotopic (exact) mass is 509 g/mol. The van der Waals surface area contributed by atoms with Crippen molar-refractivity contribution >= 4 is 27.5 Å². The lowest BCUT2D eigenvalue weighted by atomic mass is 9.87. The quantitative estimate of drug-likeness (QED) is 0.669. The van der Waals surface area contributed by atoms with Crippen molar-refractivity contribution in [2.75, 3.05) is 44.8 Å². The Balaban J connectivity index is 1.95. The van der Waals surface area contributed by atoms with Crippen LogP contribution < -0.4 is 9.46 Å². The molecule has 1 aromatic rings. The molecule has 1 N–H and O–H groups in total. The van der Waals surface area contributed by atoms with Gasteiger partial charge in [-0.15, -0.1) is 0 Å². The zero-order valence-electron chi connectivity index (χ0n) is 21.5. The van der Waals surface area contributed by atoms with E-state index in [1.165, 1.54) is 12.5 Å². The number of rotatable bonds is 4. The van der Waals surface area contributed by atoms with Gasteiger partial charge in [-0.3, -0.25) is 14.3 Å². The van der Waals surface area contributed by atoms with Crippen LogP contribution in [0.1, 0.15) is 56.3 Å². The molecule has 3 atom stereocenters. The van der Waals surface area contributed by atoms with Crippen molar-refractivity contribution in [1.82, 2.24) is 9.80 Å². The Morgan fingerprint density at radius 1 is 1.14 bits per heavy atom. The average Bonchev–Trinajstić information content (AvgIpc) is 2.82. The molecule has 0 spiro atoms. The molecule has 10 heteroatoms. The van der Waals surface area contributed by atoms with Crippen LogP contribution in [-0.2, 0) is 19.6 Å². The molecule has 1 aliphatic carbocycles. The number of ether oxygens (including phenoxy) is 2. The van der Waals surface area contributed by atoms with E-state index in [9.17, 15) is 18.0 Å². The Hall–Kier alpha value is -2.33. The number of carbonyl (C=O) groups is 2. The van der Waals surface area contributed by atoms with Gasteiger partial charge in [0, 0.05) is 44.8 Å². The first-order valence-corrected chi connectivity index (χ1v) is 14.2. The maximum atomic E-state index is 13.6. The molecule has 1 saturated carbocycles. The van der Waals surface area contributed by atoms with Gasteiger partial charge in [0.25, 0.3) is 5.91 Å².